The van der Waals surface area contributed by atoms with Gasteiger partial charge in [0.2, 0.25) is 0 Å². The summed E-state index contributed by atoms with van der Waals surface area (Å²) < 4.78 is 25.2. The molecule has 26 heavy (non-hydrogen) atoms. The van der Waals surface area contributed by atoms with Gasteiger partial charge in [-0.15, -0.1) is 0 Å². The largest absolute Gasteiger partial charge is 0.349 e. The van der Waals surface area contributed by atoms with Crippen molar-refractivity contribution in [1.29, 1.82) is 0 Å². The summed E-state index contributed by atoms with van der Waals surface area (Å²) in [5, 5.41) is 3.07. The number of amides is 1. The zero-order valence-electron chi connectivity index (χ0n) is 15.1. The Morgan fingerprint density at radius 2 is 1.73 bits per heavy atom. The zero-order chi connectivity index (χ0) is 18.6. The van der Waals surface area contributed by atoms with Crippen LogP contribution in [0.2, 0.25) is 0 Å². The van der Waals surface area contributed by atoms with Gasteiger partial charge in [-0.25, -0.2) is 8.42 Å². The molecule has 0 atom stereocenters. The van der Waals surface area contributed by atoms with E-state index in [9.17, 15) is 13.2 Å². The first-order valence-corrected chi connectivity index (χ1v) is 10.8. The maximum absolute atomic E-state index is 12.6. The fraction of sp³-hybridized carbons (Fsp3) is 0.381. The minimum Gasteiger partial charge on any atom is -0.349 e. The molecule has 1 saturated carbocycles. The molecular formula is C21H25NO3S. The Bertz CT molecular complexity index is 866. The number of carbonyl (C=O) groups is 1. The number of sulfone groups is 1. The van der Waals surface area contributed by atoms with Gasteiger partial charge in [0, 0.05) is 11.6 Å². The van der Waals surface area contributed by atoms with Gasteiger partial charge in [-0.05, 0) is 49.6 Å². The molecule has 1 aliphatic carbocycles. The summed E-state index contributed by atoms with van der Waals surface area (Å²) in [7, 11) is -3.43. The maximum Gasteiger partial charge on any atom is 0.251 e. The predicted octanol–water partition coefficient (Wildman–Crippen LogP) is 4.03. The lowest BCUT2D eigenvalue weighted by Crippen LogP contribution is -2.36. The summed E-state index contributed by atoms with van der Waals surface area (Å²) in [5.41, 5.74) is 2.17. The third kappa shape index (κ3) is 4.73. The van der Waals surface area contributed by atoms with E-state index in [1.165, 1.54) is 6.42 Å². The van der Waals surface area contributed by atoms with Gasteiger partial charge in [0.1, 0.15) is 0 Å². The molecule has 0 aromatic heterocycles. The molecule has 0 spiro atoms. The average molecular weight is 372 g/mol. The Morgan fingerprint density at radius 3 is 2.42 bits per heavy atom. The van der Waals surface area contributed by atoms with E-state index >= 15 is 0 Å². The summed E-state index contributed by atoms with van der Waals surface area (Å²) in [6.07, 6.45) is 5.58. The molecule has 0 aliphatic heterocycles. The number of benzene rings is 2. The molecule has 0 bridgehead atoms. The Morgan fingerprint density at radius 1 is 1.04 bits per heavy atom. The second-order valence-corrected chi connectivity index (χ2v) is 9.07. The minimum atomic E-state index is -3.43. The summed E-state index contributed by atoms with van der Waals surface area (Å²) in [4.78, 5) is 12.8. The molecule has 4 nitrogen and oxygen atoms in total. The maximum atomic E-state index is 12.6. The van der Waals surface area contributed by atoms with Crippen LogP contribution in [0.15, 0.2) is 53.4 Å². The normalized spacial score (nSPS) is 15.6. The molecule has 2 aromatic rings. The lowest BCUT2D eigenvalue weighted by Gasteiger charge is -2.22. The van der Waals surface area contributed by atoms with Crippen LogP contribution in [0.5, 0.6) is 0 Å². The summed E-state index contributed by atoms with van der Waals surface area (Å²) in [6, 6.07) is 14.0. The molecule has 5 heteroatoms. The number of hydrogen-bond donors (Lipinski definition) is 1. The molecule has 1 fully saturated rings. The molecule has 0 radical (unpaired) electrons. The Labute approximate surface area is 155 Å². The highest BCUT2D eigenvalue weighted by atomic mass is 32.2. The number of hydrogen-bond acceptors (Lipinski definition) is 3. The van der Waals surface area contributed by atoms with E-state index in [0.717, 1.165) is 31.2 Å². The number of rotatable bonds is 5. The fourth-order valence-electron chi connectivity index (χ4n) is 3.37. The Balaban J connectivity index is 1.72. The van der Waals surface area contributed by atoms with E-state index in [2.05, 4.69) is 5.32 Å². The molecule has 138 valence electrons. The minimum absolute atomic E-state index is 0.111. The lowest BCUT2D eigenvalue weighted by atomic mass is 9.95. The van der Waals surface area contributed by atoms with Gasteiger partial charge >= 0.3 is 0 Å². The Kier molecular flexibility index (Phi) is 5.77. The second kappa shape index (κ2) is 8.04. The highest BCUT2D eigenvalue weighted by Gasteiger charge is 2.19. The van der Waals surface area contributed by atoms with Crippen LogP contribution in [0.25, 0.3) is 0 Å². The van der Waals surface area contributed by atoms with Gasteiger partial charge < -0.3 is 5.32 Å². The van der Waals surface area contributed by atoms with Crippen LogP contribution in [0, 0.1) is 6.92 Å². The van der Waals surface area contributed by atoms with Crippen LogP contribution in [-0.2, 0) is 15.6 Å². The molecular weight excluding hydrogens is 346 g/mol. The van der Waals surface area contributed by atoms with Crippen molar-refractivity contribution >= 4 is 15.7 Å². The van der Waals surface area contributed by atoms with Crippen LogP contribution in [0.3, 0.4) is 0 Å². The average Bonchev–Trinajstić information content (AvgIpc) is 2.63. The number of nitrogens with one attached hydrogen (secondary N) is 1. The standard InChI is InChI=1S/C21H25NO3S/c1-16-10-12-20(13-11-16)26(24,25)15-17-6-5-7-18(14-17)21(23)22-19-8-3-2-4-9-19/h5-7,10-14,19H,2-4,8-9,15H2,1H3,(H,22,23). The van der Waals surface area contributed by atoms with Crippen molar-refractivity contribution in [2.24, 2.45) is 0 Å². The highest BCUT2D eigenvalue weighted by molar-refractivity contribution is 7.90. The third-order valence-corrected chi connectivity index (χ3v) is 6.57. The van der Waals surface area contributed by atoms with Gasteiger partial charge in [0.05, 0.1) is 10.6 Å². The highest BCUT2D eigenvalue weighted by Crippen LogP contribution is 2.20. The van der Waals surface area contributed by atoms with Gasteiger partial charge in [-0.3, -0.25) is 4.79 Å². The second-order valence-electron chi connectivity index (χ2n) is 7.08. The lowest BCUT2D eigenvalue weighted by molar-refractivity contribution is 0.0927. The third-order valence-electron chi connectivity index (χ3n) is 4.87. The number of aryl methyl sites for hydroxylation is 1. The van der Waals surface area contributed by atoms with Crippen molar-refractivity contribution in [3.05, 3.63) is 65.2 Å². The van der Waals surface area contributed by atoms with Crippen LogP contribution in [0.4, 0.5) is 0 Å². The predicted molar refractivity (Wildman–Crippen MR) is 103 cm³/mol. The van der Waals surface area contributed by atoms with E-state index in [-0.39, 0.29) is 17.7 Å². The molecule has 1 N–H and O–H groups in total. The summed E-state index contributed by atoms with van der Waals surface area (Å²) in [5.74, 6) is -0.230. The zero-order valence-corrected chi connectivity index (χ0v) is 15.9. The van der Waals surface area contributed by atoms with E-state index in [0.29, 0.717) is 16.0 Å². The van der Waals surface area contributed by atoms with Gasteiger partial charge in [-0.2, -0.15) is 0 Å². The van der Waals surface area contributed by atoms with E-state index < -0.39 is 9.84 Å². The van der Waals surface area contributed by atoms with Crippen LogP contribution >= 0.6 is 0 Å². The molecule has 0 unspecified atom stereocenters. The van der Waals surface area contributed by atoms with E-state index in [1.807, 2.05) is 6.92 Å². The smallest absolute Gasteiger partial charge is 0.251 e. The molecule has 2 aromatic carbocycles. The summed E-state index contributed by atoms with van der Waals surface area (Å²) in [6.45, 7) is 1.92. The van der Waals surface area contributed by atoms with E-state index in [4.69, 9.17) is 0 Å². The van der Waals surface area contributed by atoms with Crippen LogP contribution in [-0.4, -0.2) is 20.4 Å². The molecule has 0 saturated heterocycles. The topological polar surface area (TPSA) is 63.2 Å². The van der Waals surface area contributed by atoms with Crippen molar-refractivity contribution in [2.75, 3.05) is 0 Å². The van der Waals surface area contributed by atoms with Gasteiger partial charge in [-0.1, -0.05) is 49.1 Å². The molecule has 0 heterocycles. The molecule has 1 amide bonds. The molecule has 1 aliphatic rings. The molecule has 3 rings (SSSR count). The SMILES string of the molecule is Cc1ccc(S(=O)(=O)Cc2cccc(C(=O)NC3CCCCC3)c2)cc1. The number of carbonyl (C=O) groups excluding carboxylic acids is 1. The Hall–Kier alpha value is -2.14. The first-order chi connectivity index (χ1) is 12.4. The quantitative estimate of drug-likeness (QED) is 0.863. The first kappa shape index (κ1) is 18.6. The van der Waals surface area contributed by atoms with Crippen molar-refractivity contribution in [2.45, 2.75) is 55.7 Å². The van der Waals surface area contributed by atoms with Crippen molar-refractivity contribution in [1.82, 2.24) is 5.32 Å². The first-order valence-electron chi connectivity index (χ1n) is 9.13. The fourth-order valence-corrected chi connectivity index (χ4v) is 4.70. The van der Waals surface area contributed by atoms with Crippen molar-refractivity contribution in [3.8, 4) is 0 Å². The van der Waals surface area contributed by atoms with Gasteiger partial charge in [0.15, 0.2) is 9.84 Å². The van der Waals surface area contributed by atoms with Crippen LogP contribution in [0.1, 0.15) is 53.6 Å². The monoisotopic (exact) mass is 371 g/mol. The van der Waals surface area contributed by atoms with Crippen molar-refractivity contribution in [3.63, 3.8) is 0 Å². The van der Waals surface area contributed by atoms with E-state index in [1.54, 1.807) is 48.5 Å². The van der Waals surface area contributed by atoms with Crippen LogP contribution < -0.4 is 5.32 Å². The van der Waals surface area contributed by atoms with Gasteiger partial charge in [0.25, 0.3) is 5.91 Å². The summed E-state index contributed by atoms with van der Waals surface area (Å²) >= 11 is 0. The van der Waals surface area contributed by atoms with Crippen molar-refractivity contribution < 1.29 is 13.2 Å².